The number of aliphatic carboxylic acids is 1. The minimum Gasteiger partial charge on any atom is -0.480 e. The average Bonchev–Trinajstić information content (AvgIpc) is 3.11. The summed E-state index contributed by atoms with van der Waals surface area (Å²) in [7, 11) is -4.75. The van der Waals surface area contributed by atoms with Crippen LogP contribution in [0, 0.1) is 0 Å². The summed E-state index contributed by atoms with van der Waals surface area (Å²) in [6.07, 6.45) is 34.9. The van der Waals surface area contributed by atoms with Crippen molar-refractivity contribution in [3.8, 4) is 0 Å². The van der Waals surface area contributed by atoms with E-state index >= 15 is 0 Å². The van der Waals surface area contributed by atoms with Gasteiger partial charge in [-0.05, 0) is 44.9 Å². The molecule has 304 valence electrons. The van der Waals surface area contributed by atoms with E-state index in [0.29, 0.717) is 12.8 Å². The van der Waals surface area contributed by atoms with E-state index in [9.17, 15) is 34.1 Å². The lowest BCUT2D eigenvalue weighted by molar-refractivity contribution is -0.147. The Morgan fingerprint density at radius 2 is 1.06 bits per heavy atom. The highest BCUT2D eigenvalue weighted by atomic mass is 31.2. The van der Waals surface area contributed by atoms with E-state index in [-0.39, 0.29) is 12.8 Å². The second kappa shape index (κ2) is 36.0. The maximum Gasteiger partial charge on any atom is 0.472 e. The van der Waals surface area contributed by atoms with E-state index in [1.807, 2.05) is 0 Å². The molecule has 0 saturated heterocycles. The van der Waals surface area contributed by atoms with Crippen LogP contribution >= 0.6 is 7.82 Å². The Kier molecular flexibility index (Phi) is 34.6. The van der Waals surface area contributed by atoms with Crippen molar-refractivity contribution in [1.29, 1.82) is 0 Å². The van der Waals surface area contributed by atoms with Crippen molar-refractivity contribution in [2.75, 3.05) is 19.8 Å². The van der Waals surface area contributed by atoms with Gasteiger partial charge in [-0.1, -0.05) is 147 Å². The van der Waals surface area contributed by atoms with E-state index in [1.165, 1.54) is 77.0 Å². The summed E-state index contributed by atoms with van der Waals surface area (Å²) in [4.78, 5) is 45.8. The summed E-state index contributed by atoms with van der Waals surface area (Å²) in [5.41, 5.74) is 0. The lowest BCUT2D eigenvalue weighted by atomic mass is 10.0. The minimum atomic E-state index is -4.75. The lowest BCUT2D eigenvalue weighted by Crippen LogP contribution is -2.43. The van der Waals surface area contributed by atoms with Gasteiger partial charge in [-0.15, -0.1) is 0 Å². The highest BCUT2D eigenvalue weighted by Gasteiger charge is 2.28. The van der Waals surface area contributed by atoms with Crippen LogP contribution in [0.2, 0.25) is 0 Å². The zero-order valence-electron chi connectivity index (χ0n) is 32.6. The molecular weight excluding hydrogens is 685 g/mol. The molecule has 0 aliphatic heterocycles. The van der Waals surface area contributed by atoms with Gasteiger partial charge in [-0.2, -0.15) is 0 Å². The van der Waals surface area contributed by atoms with Crippen molar-refractivity contribution in [2.24, 2.45) is 0 Å². The van der Waals surface area contributed by atoms with E-state index in [2.05, 4.69) is 43.5 Å². The van der Waals surface area contributed by atoms with Gasteiger partial charge in [0.15, 0.2) is 6.04 Å². The molecule has 1 amide bonds. The first-order valence-corrected chi connectivity index (χ1v) is 21.9. The van der Waals surface area contributed by atoms with Crippen molar-refractivity contribution in [1.82, 2.24) is 5.32 Å². The third-order valence-corrected chi connectivity index (χ3v) is 9.69. The van der Waals surface area contributed by atoms with Crippen molar-refractivity contribution < 1.29 is 47.8 Å². The number of phosphoric acid groups is 1. The van der Waals surface area contributed by atoms with Crippen molar-refractivity contribution in [2.45, 2.75) is 193 Å². The molecular formula is C40H74NO10P. The topological polar surface area (TPSA) is 169 Å². The number of hydrogen-bond acceptors (Lipinski definition) is 8. The molecule has 3 atom stereocenters. The van der Waals surface area contributed by atoms with Crippen molar-refractivity contribution in [3.63, 3.8) is 0 Å². The predicted octanol–water partition coefficient (Wildman–Crippen LogP) is 9.89. The van der Waals surface area contributed by atoms with Gasteiger partial charge >= 0.3 is 19.8 Å². The molecule has 0 saturated carbocycles. The van der Waals surface area contributed by atoms with Gasteiger partial charge in [-0.3, -0.25) is 18.6 Å². The maximum atomic E-state index is 12.3. The zero-order valence-corrected chi connectivity index (χ0v) is 33.5. The van der Waals surface area contributed by atoms with E-state index in [1.54, 1.807) is 0 Å². The van der Waals surface area contributed by atoms with Crippen LogP contribution in [0.4, 0.5) is 0 Å². The van der Waals surface area contributed by atoms with Crippen LogP contribution < -0.4 is 5.32 Å². The number of aliphatic hydroxyl groups excluding tert-OH is 1. The molecule has 3 unspecified atom stereocenters. The number of nitrogens with one attached hydrogen (secondary N) is 1. The zero-order chi connectivity index (χ0) is 38.5. The highest BCUT2D eigenvalue weighted by molar-refractivity contribution is 7.47. The Morgan fingerprint density at radius 3 is 1.58 bits per heavy atom. The smallest absolute Gasteiger partial charge is 0.472 e. The number of esters is 1. The summed E-state index contributed by atoms with van der Waals surface area (Å²) >= 11 is 0. The monoisotopic (exact) mass is 760 g/mol. The molecule has 4 N–H and O–H groups in total. The number of amides is 1. The molecule has 0 rings (SSSR count). The number of ether oxygens (including phenoxy) is 1. The van der Waals surface area contributed by atoms with Crippen LogP contribution in [0.15, 0.2) is 24.3 Å². The first-order valence-electron chi connectivity index (χ1n) is 20.4. The number of carbonyl (C=O) groups excluding carboxylic acids is 2. The Bertz CT molecular complexity index is 989. The summed E-state index contributed by atoms with van der Waals surface area (Å²) in [5.74, 6) is -2.39. The number of carboxylic acid groups (broad SMARTS) is 1. The Labute approximate surface area is 315 Å². The van der Waals surface area contributed by atoms with Gasteiger partial charge in [0.2, 0.25) is 5.91 Å². The third-order valence-electron chi connectivity index (χ3n) is 8.74. The number of aliphatic hydroxyl groups is 1. The fourth-order valence-electron chi connectivity index (χ4n) is 5.52. The fraction of sp³-hybridized carbons (Fsp3) is 0.825. The molecule has 0 heterocycles. The third kappa shape index (κ3) is 35.0. The average molecular weight is 760 g/mol. The molecule has 0 fully saturated rings. The SMILES string of the molecule is CCCCCC/C=C\C/C=C\CCCCCCCC(=O)NC(COP(=O)(O)OCC(O)COC(=O)CCCCCCCCCCCCCC)C(=O)O. The molecule has 11 nitrogen and oxygen atoms in total. The predicted molar refractivity (Wildman–Crippen MR) is 208 cm³/mol. The van der Waals surface area contributed by atoms with Gasteiger partial charge in [0.1, 0.15) is 12.7 Å². The largest absolute Gasteiger partial charge is 0.480 e. The Morgan fingerprint density at radius 1 is 0.615 bits per heavy atom. The number of rotatable bonds is 38. The van der Waals surface area contributed by atoms with E-state index in [4.69, 9.17) is 13.8 Å². The number of hydrogen-bond donors (Lipinski definition) is 4. The Balaban J connectivity index is 3.96. The summed E-state index contributed by atoms with van der Waals surface area (Å²) in [6.45, 7) is 2.55. The van der Waals surface area contributed by atoms with Gasteiger partial charge < -0.3 is 25.2 Å². The normalized spacial score (nSPS) is 14.1. The van der Waals surface area contributed by atoms with Crippen LogP contribution in [-0.4, -0.2) is 64.9 Å². The minimum absolute atomic E-state index is 0.131. The summed E-state index contributed by atoms with van der Waals surface area (Å²) in [5, 5.41) is 21.8. The van der Waals surface area contributed by atoms with Gasteiger partial charge in [0.25, 0.3) is 0 Å². The molecule has 12 heteroatoms. The number of allylic oxidation sites excluding steroid dienone is 4. The van der Waals surface area contributed by atoms with Gasteiger partial charge in [0, 0.05) is 12.8 Å². The maximum absolute atomic E-state index is 12.3. The molecule has 0 aliphatic rings. The molecule has 0 aromatic heterocycles. The molecule has 0 aromatic rings. The second-order valence-corrected chi connectivity index (χ2v) is 15.3. The van der Waals surface area contributed by atoms with Gasteiger partial charge in [-0.25, -0.2) is 9.36 Å². The van der Waals surface area contributed by atoms with E-state index in [0.717, 1.165) is 64.2 Å². The molecule has 0 radical (unpaired) electrons. The molecule has 0 bridgehead atoms. The number of unbranched alkanes of at least 4 members (excludes halogenated alkanes) is 20. The van der Waals surface area contributed by atoms with Gasteiger partial charge in [0.05, 0.1) is 13.2 Å². The first kappa shape index (κ1) is 50.0. The van der Waals surface area contributed by atoms with Crippen molar-refractivity contribution in [3.05, 3.63) is 24.3 Å². The fourth-order valence-corrected chi connectivity index (χ4v) is 6.29. The first-order chi connectivity index (χ1) is 25.1. The molecule has 0 aromatic carbocycles. The quantitative estimate of drug-likeness (QED) is 0.0206. The van der Waals surface area contributed by atoms with Crippen molar-refractivity contribution >= 4 is 25.7 Å². The molecule has 0 aliphatic carbocycles. The number of carboxylic acids is 1. The molecule has 52 heavy (non-hydrogen) atoms. The number of phosphoric ester groups is 1. The number of carbonyl (C=O) groups is 3. The van der Waals surface area contributed by atoms with Crippen LogP contribution in [-0.2, 0) is 32.7 Å². The van der Waals surface area contributed by atoms with Crippen LogP contribution in [0.1, 0.15) is 181 Å². The van der Waals surface area contributed by atoms with Crippen LogP contribution in [0.5, 0.6) is 0 Å². The Hall–Kier alpha value is -2.04. The standard InChI is InChI=1S/C40H74NO10P/c1-3-5-7-9-11-13-15-17-18-19-20-21-23-25-27-29-31-38(43)41-37(40(45)46)35-51-52(47,48)50-34-36(42)33-49-39(44)32-30-28-26-24-22-16-14-12-10-8-6-4-2/h13,15,18-19,36-37,42H,3-12,14,16-17,20-35H2,1-2H3,(H,41,43)(H,45,46)(H,47,48)/b15-13-,19-18-. The van der Waals surface area contributed by atoms with Crippen LogP contribution in [0.25, 0.3) is 0 Å². The summed E-state index contributed by atoms with van der Waals surface area (Å²) in [6, 6.07) is -1.55. The van der Waals surface area contributed by atoms with E-state index < -0.39 is 57.6 Å². The molecule has 0 spiro atoms. The second-order valence-electron chi connectivity index (χ2n) is 13.8. The summed E-state index contributed by atoms with van der Waals surface area (Å²) < 4.78 is 26.7. The van der Waals surface area contributed by atoms with Crippen LogP contribution in [0.3, 0.4) is 0 Å². The lowest BCUT2D eigenvalue weighted by Gasteiger charge is -2.18. The highest BCUT2D eigenvalue weighted by Crippen LogP contribution is 2.43.